The summed E-state index contributed by atoms with van der Waals surface area (Å²) < 4.78 is 0. The van der Waals surface area contributed by atoms with Crippen LogP contribution in [0.5, 0.6) is 0 Å². The average Bonchev–Trinajstić information content (AvgIpc) is 0. The van der Waals surface area contributed by atoms with Gasteiger partial charge in [0.25, 0.3) is 0 Å². The molecule has 0 atom stereocenters. The summed E-state index contributed by atoms with van der Waals surface area (Å²) in [5, 5.41) is 0. The summed E-state index contributed by atoms with van der Waals surface area (Å²) in [7, 11) is 0. The van der Waals surface area contributed by atoms with Crippen LogP contribution in [0.3, 0.4) is 0 Å². The maximum atomic E-state index is 0. The van der Waals surface area contributed by atoms with Crippen molar-refractivity contribution in [3.63, 3.8) is 0 Å². The third-order valence-electron chi connectivity index (χ3n) is 0. The largest absolute Gasteiger partial charge is 4.00 e. The normalized spacial score (nSPS) is 0. The van der Waals surface area contributed by atoms with Crippen LogP contribution in [0.4, 0.5) is 0 Å². The van der Waals surface area contributed by atoms with E-state index < -0.39 is 0 Å². The Balaban J connectivity index is 0. The smallest absolute Gasteiger partial charge is 2.00 e. The molecule has 0 spiro atoms. The molecule has 0 aromatic carbocycles. The van der Waals surface area contributed by atoms with Gasteiger partial charge < -0.3 is 11.0 Å². The van der Waals surface area contributed by atoms with Gasteiger partial charge >= 0.3 is 21.7 Å². The zero-order valence-corrected chi connectivity index (χ0v) is 5.19. The molecule has 2 nitrogen and oxygen atoms in total. The van der Waals surface area contributed by atoms with Gasteiger partial charge in [-0.1, -0.05) is 0 Å². The summed E-state index contributed by atoms with van der Waals surface area (Å²) in [4.78, 5) is 0. The maximum absolute atomic E-state index is 0. The minimum absolute atomic E-state index is 0. The summed E-state index contributed by atoms with van der Waals surface area (Å²) in [5.41, 5.74) is 0. The van der Waals surface area contributed by atoms with Crippen LogP contribution in [0, 0.1) is 0 Å². The monoisotopic (exact) mass is 118 g/mol. The molecule has 6 radical (unpaired) electrons. The van der Waals surface area contributed by atoms with E-state index in [9.17, 15) is 0 Å². The fourth-order valence-electron chi connectivity index (χ4n) is 0. The summed E-state index contributed by atoms with van der Waals surface area (Å²) in [5.74, 6) is 0. The van der Waals surface area contributed by atoms with E-state index in [0.717, 1.165) is 0 Å². The Bertz CT molecular complexity index is 9.61. The zero-order chi connectivity index (χ0) is 0. The average molecular weight is 118 g/mol. The third kappa shape index (κ3) is 36.0. The van der Waals surface area contributed by atoms with Crippen molar-refractivity contribution < 1.29 is 32.7 Å². The maximum Gasteiger partial charge on any atom is 4.00 e. The first-order valence-corrected chi connectivity index (χ1v) is 0. The van der Waals surface area contributed by atoms with E-state index in [1.807, 2.05) is 0 Å². The molecule has 22 valence electrons. The van der Waals surface area contributed by atoms with Crippen molar-refractivity contribution in [3.8, 4) is 0 Å². The van der Waals surface area contributed by atoms with Gasteiger partial charge in [0.1, 0.15) is 0 Å². The molecule has 0 N–H and O–H groups in total. The van der Waals surface area contributed by atoms with Crippen molar-refractivity contribution in [1.82, 2.24) is 0 Å². The van der Waals surface area contributed by atoms with Gasteiger partial charge in [0.2, 0.25) is 0 Å². The standard InChI is InChI=1S/Al.B.2O.Ti/q;;2*-2;+4. The topological polar surface area (TPSA) is 57.0 Å². The molecule has 0 rings (SSSR count). The molecule has 0 heterocycles. The fraction of sp³-hybridized carbons (Fsp3) is 0. The Kier molecular flexibility index (Phi) is 1390. The molecule has 0 amide bonds. The molecule has 5 heteroatoms. The molecule has 0 fully saturated rings. The van der Waals surface area contributed by atoms with E-state index in [1.54, 1.807) is 0 Å². The number of hydrogen-bond donors (Lipinski definition) is 0. The third-order valence-corrected chi connectivity index (χ3v) is 0. The Hall–Kier alpha value is 1.23. The summed E-state index contributed by atoms with van der Waals surface area (Å²) in [6, 6.07) is 0. The number of hydrogen-bond acceptors (Lipinski definition) is 0. The summed E-state index contributed by atoms with van der Waals surface area (Å²) in [6.45, 7) is 0. The molecule has 0 aliphatic carbocycles. The summed E-state index contributed by atoms with van der Waals surface area (Å²) >= 11 is 0. The van der Waals surface area contributed by atoms with Crippen LogP contribution in [0.1, 0.15) is 0 Å². The first-order chi connectivity index (χ1) is 0. The minimum atomic E-state index is 0. The van der Waals surface area contributed by atoms with Gasteiger partial charge in [0, 0.05) is 25.8 Å². The SMILES string of the molecule is [Al].[B].[O-2].[O-2].[Ti+4]. The van der Waals surface area contributed by atoms with Crippen molar-refractivity contribution in [2.45, 2.75) is 0 Å². The van der Waals surface area contributed by atoms with Crippen LogP contribution in [-0.4, -0.2) is 25.8 Å². The molecule has 0 saturated heterocycles. The fourth-order valence-corrected chi connectivity index (χ4v) is 0. The van der Waals surface area contributed by atoms with Crippen LogP contribution in [-0.2, 0) is 32.7 Å². The summed E-state index contributed by atoms with van der Waals surface area (Å²) in [6.07, 6.45) is 0. The van der Waals surface area contributed by atoms with Crippen molar-refractivity contribution in [2.24, 2.45) is 0 Å². The van der Waals surface area contributed by atoms with Gasteiger partial charge in [-0.05, 0) is 0 Å². The van der Waals surface area contributed by atoms with Gasteiger partial charge in [-0.2, -0.15) is 0 Å². The van der Waals surface area contributed by atoms with Crippen LogP contribution in [0.15, 0.2) is 0 Å². The molecular formula is AlBO2Ti. The second-order valence-corrected chi connectivity index (χ2v) is 0. The Morgan fingerprint density at radius 3 is 0.800 bits per heavy atom. The van der Waals surface area contributed by atoms with Crippen LogP contribution < -0.4 is 0 Å². The molecule has 5 heavy (non-hydrogen) atoms. The first-order valence-electron chi connectivity index (χ1n) is 0. The van der Waals surface area contributed by atoms with Crippen molar-refractivity contribution in [2.75, 3.05) is 0 Å². The quantitative estimate of drug-likeness (QED) is 0.366. The molecule has 0 aromatic heterocycles. The van der Waals surface area contributed by atoms with E-state index in [-0.39, 0.29) is 58.4 Å². The Morgan fingerprint density at radius 1 is 0.800 bits per heavy atom. The second-order valence-electron chi connectivity index (χ2n) is 0. The van der Waals surface area contributed by atoms with Gasteiger partial charge in [0.05, 0.1) is 0 Å². The van der Waals surface area contributed by atoms with Crippen molar-refractivity contribution >= 4 is 25.8 Å². The first kappa shape index (κ1) is 112. The number of rotatable bonds is 0. The van der Waals surface area contributed by atoms with E-state index >= 15 is 0 Å². The van der Waals surface area contributed by atoms with E-state index in [0.29, 0.717) is 0 Å². The molecule has 0 saturated carbocycles. The molecule has 0 aromatic rings. The van der Waals surface area contributed by atoms with Crippen LogP contribution in [0.2, 0.25) is 0 Å². The van der Waals surface area contributed by atoms with E-state index in [1.165, 1.54) is 0 Å². The minimum Gasteiger partial charge on any atom is -2.00 e. The molecule has 0 aliphatic rings. The van der Waals surface area contributed by atoms with E-state index in [4.69, 9.17) is 0 Å². The molecular weight excluding hydrogens is 118 g/mol. The zero-order valence-electron chi connectivity index (χ0n) is 2.47. The molecule has 0 bridgehead atoms. The van der Waals surface area contributed by atoms with Gasteiger partial charge in [-0.25, -0.2) is 0 Å². The van der Waals surface area contributed by atoms with E-state index in [2.05, 4.69) is 0 Å². The van der Waals surface area contributed by atoms with Crippen LogP contribution in [0.25, 0.3) is 0 Å². The van der Waals surface area contributed by atoms with Crippen molar-refractivity contribution in [3.05, 3.63) is 0 Å². The van der Waals surface area contributed by atoms with Gasteiger partial charge in [-0.15, -0.1) is 0 Å². The predicted octanol–water partition coefficient (Wildman–Crippen LogP) is -1.00. The van der Waals surface area contributed by atoms with Gasteiger partial charge in [-0.3, -0.25) is 0 Å². The predicted molar refractivity (Wildman–Crippen MR) is 12.9 cm³/mol. The second kappa shape index (κ2) is 61.8. The Morgan fingerprint density at radius 2 is 0.800 bits per heavy atom. The van der Waals surface area contributed by atoms with Gasteiger partial charge in [0.15, 0.2) is 0 Å². The Labute approximate surface area is 58.5 Å². The molecule has 0 unspecified atom stereocenters. The van der Waals surface area contributed by atoms with Crippen molar-refractivity contribution in [1.29, 1.82) is 0 Å². The molecule has 0 aliphatic heterocycles. The van der Waals surface area contributed by atoms with Crippen LogP contribution >= 0.6 is 0 Å².